The molecule has 0 radical (unpaired) electrons. The van der Waals surface area contributed by atoms with Gasteiger partial charge in [0.25, 0.3) is 11.5 Å². The molecule has 11 nitrogen and oxygen atoms in total. The number of Topliss-reactive ketones (excluding diaryl/α,β-unsaturated/α-hetero) is 1. The van der Waals surface area contributed by atoms with E-state index < -0.39 is 29.1 Å². The predicted molar refractivity (Wildman–Crippen MR) is 163 cm³/mol. The van der Waals surface area contributed by atoms with Crippen LogP contribution in [0.15, 0.2) is 65.6 Å². The maximum atomic E-state index is 13.7. The number of alkyl carbamates (subject to hydrolysis) is 1. The second-order valence-electron chi connectivity index (χ2n) is 10.9. The lowest BCUT2D eigenvalue weighted by Crippen LogP contribution is -2.37. The van der Waals surface area contributed by atoms with E-state index in [2.05, 4.69) is 25.6 Å². The van der Waals surface area contributed by atoms with E-state index in [-0.39, 0.29) is 46.2 Å². The van der Waals surface area contributed by atoms with E-state index in [4.69, 9.17) is 21.1 Å². The van der Waals surface area contributed by atoms with Gasteiger partial charge in [-0.15, -0.1) is 0 Å². The van der Waals surface area contributed by atoms with Gasteiger partial charge in [-0.1, -0.05) is 48.9 Å². The summed E-state index contributed by atoms with van der Waals surface area (Å²) in [7, 11) is 1.40. The Balaban J connectivity index is 1.56. The molecule has 2 aromatic carbocycles. The highest BCUT2D eigenvalue weighted by atomic mass is 35.5. The van der Waals surface area contributed by atoms with Crippen LogP contribution in [0.2, 0.25) is 5.02 Å². The van der Waals surface area contributed by atoms with Crippen molar-refractivity contribution in [3.63, 3.8) is 0 Å². The van der Waals surface area contributed by atoms with Crippen LogP contribution in [0, 0.1) is 5.92 Å². The average molecular weight is 606 g/mol. The molecule has 0 saturated carbocycles. The van der Waals surface area contributed by atoms with E-state index in [9.17, 15) is 19.2 Å². The molecule has 0 aliphatic heterocycles. The molecule has 2 unspecified atom stereocenters. The average Bonchev–Trinajstić information content (AvgIpc) is 2.96. The molecule has 0 spiro atoms. The zero-order chi connectivity index (χ0) is 31.3. The Hall–Kier alpha value is -4.77. The van der Waals surface area contributed by atoms with E-state index in [0.29, 0.717) is 10.9 Å². The molecular weight excluding hydrogens is 574 g/mol. The molecule has 0 fully saturated rings. The number of hydrogen-bond donors (Lipinski definition) is 3. The maximum absolute atomic E-state index is 13.7. The van der Waals surface area contributed by atoms with Crippen molar-refractivity contribution in [2.45, 2.75) is 39.2 Å². The number of carbonyl (C=O) groups is 3. The molecule has 0 aliphatic rings. The number of aromatic amines is 1. The Morgan fingerprint density at radius 1 is 1.07 bits per heavy atom. The Morgan fingerprint density at radius 3 is 2.47 bits per heavy atom. The van der Waals surface area contributed by atoms with Gasteiger partial charge in [0, 0.05) is 35.5 Å². The minimum atomic E-state index is -0.734. The van der Waals surface area contributed by atoms with Gasteiger partial charge in [0.05, 0.1) is 17.8 Å². The Morgan fingerprint density at radius 2 is 1.79 bits per heavy atom. The number of hydrogen-bond acceptors (Lipinski definition) is 8. The second kappa shape index (κ2) is 13.0. The van der Waals surface area contributed by atoms with Gasteiger partial charge in [0.1, 0.15) is 16.8 Å². The number of fused-ring (bicyclic) bond motifs is 1. The molecule has 2 heterocycles. The summed E-state index contributed by atoms with van der Waals surface area (Å²) in [5, 5.41) is 6.00. The van der Waals surface area contributed by atoms with Crippen molar-refractivity contribution < 1.29 is 23.9 Å². The first-order chi connectivity index (χ1) is 20.4. The van der Waals surface area contributed by atoms with Crippen LogP contribution in [-0.4, -0.2) is 52.0 Å². The van der Waals surface area contributed by atoms with Gasteiger partial charge in [-0.05, 0) is 50.6 Å². The highest BCUT2D eigenvalue weighted by Crippen LogP contribution is 2.30. The molecule has 0 aliphatic carbocycles. The number of carbonyl (C=O) groups excluding carboxylic acids is 3. The number of pyridine rings is 1. The highest BCUT2D eigenvalue weighted by molar-refractivity contribution is 6.34. The normalized spacial score (nSPS) is 12.7. The topological polar surface area (TPSA) is 152 Å². The second-order valence-corrected chi connectivity index (χ2v) is 11.3. The first-order valence-corrected chi connectivity index (χ1v) is 13.8. The molecule has 0 bridgehead atoms. The molecule has 2 atom stereocenters. The molecule has 2 aromatic heterocycles. The molecule has 4 aromatic rings. The number of halogens is 1. The summed E-state index contributed by atoms with van der Waals surface area (Å²) in [6.45, 7) is 7.24. The number of ketones is 1. The van der Waals surface area contributed by atoms with Crippen molar-refractivity contribution in [2.75, 3.05) is 19.0 Å². The fourth-order valence-corrected chi connectivity index (χ4v) is 4.61. The number of rotatable bonds is 9. The minimum Gasteiger partial charge on any atom is -0.467 e. The number of nitrogens with zero attached hydrogens (tertiary/aromatic N) is 2. The van der Waals surface area contributed by atoms with Crippen LogP contribution in [0.3, 0.4) is 0 Å². The summed E-state index contributed by atoms with van der Waals surface area (Å²) in [6.07, 6.45) is 0.835. The van der Waals surface area contributed by atoms with Gasteiger partial charge in [-0.2, -0.15) is 4.98 Å². The summed E-state index contributed by atoms with van der Waals surface area (Å²) >= 11 is 6.37. The number of benzene rings is 2. The quantitative estimate of drug-likeness (QED) is 0.216. The standard InChI is InChI=1S/C31H32ClN5O6/c1-17(22(18-9-7-6-8-10-18)16-34-30(41)43-31(2,3)4)25(38)19-11-12-23(32)24(14-19)35-27(39)21-13-20-15-33-29(42-5)37-26(20)36-28(21)40/h6-15,17,22H,16H2,1-5H3,(H,34,41)(H,35,39)(H,33,36,37,40). The van der Waals surface area contributed by atoms with Crippen molar-refractivity contribution in [1.82, 2.24) is 20.3 Å². The van der Waals surface area contributed by atoms with Gasteiger partial charge in [0.2, 0.25) is 0 Å². The first-order valence-electron chi connectivity index (χ1n) is 13.5. The lowest BCUT2D eigenvalue weighted by Gasteiger charge is -2.26. The number of aromatic nitrogens is 3. The monoisotopic (exact) mass is 605 g/mol. The SMILES string of the molecule is COc1ncc2cc(C(=O)Nc3cc(C(=O)C(C)C(CNC(=O)OC(C)(C)C)c4ccccc4)ccc3Cl)c(=O)[nH]c2n1. The van der Waals surface area contributed by atoms with Crippen LogP contribution in [0.1, 0.15) is 59.9 Å². The lowest BCUT2D eigenvalue weighted by atomic mass is 9.82. The van der Waals surface area contributed by atoms with Crippen molar-refractivity contribution in [2.24, 2.45) is 5.92 Å². The van der Waals surface area contributed by atoms with Crippen molar-refractivity contribution in [3.05, 3.63) is 92.9 Å². The van der Waals surface area contributed by atoms with Gasteiger partial charge in [0.15, 0.2) is 5.78 Å². The Labute approximate surface area is 253 Å². The number of amides is 2. The van der Waals surface area contributed by atoms with Crippen molar-refractivity contribution in [1.29, 1.82) is 0 Å². The zero-order valence-corrected chi connectivity index (χ0v) is 25.1. The third-order valence-electron chi connectivity index (χ3n) is 6.61. The van der Waals surface area contributed by atoms with Crippen LogP contribution >= 0.6 is 11.6 Å². The van der Waals surface area contributed by atoms with E-state index in [1.807, 2.05) is 30.3 Å². The molecular formula is C31H32ClN5O6. The van der Waals surface area contributed by atoms with Crippen LogP contribution in [-0.2, 0) is 4.74 Å². The van der Waals surface area contributed by atoms with Crippen LogP contribution in [0.5, 0.6) is 6.01 Å². The molecule has 224 valence electrons. The Kier molecular flexibility index (Phi) is 9.45. The van der Waals surface area contributed by atoms with Crippen LogP contribution < -0.4 is 20.9 Å². The summed E-state index contributed by atoms with van der Waals surface area (Å²) in [5.41, 5.74) is -0.0275. The summed E-state index contributed by atoms with van der Waals surface area (Å²) < 4.78 is 10.3. The Bertz CT molecular complexity index is 1720. The molecule has 12 heteroatoms. The smallest absolute Gasteiger partial charge is 0.407 e. The number of nitrogens with one attached hydrogen (secondary N) is 3. The van der Waals surface area contributed by atoms with E-state index in [1.54, 1.807) is 33.8 Å². The maximum Gasteiger partial charge on any atom is 0.407 e. The van der Waals surface area contributed by atoms with Crippen LogP contribution in [0.25, 0.3) is 11.0 Å². The highest BCUT2D eigenvalue weighted by Gasteiger charge is 2.28. The van der Waals surface area contributed by atoms with Gasteiger partial charge in [-0.25, -0.2) is 9.78 Å². The largest absolute Gasteiger partial charge is 0.467 e. The fourth-order valence-electron chi connectivity index (χ4n) is 4.44. The summed E-state index contributed by atoms with van der Waals surface area (Å²) in [6, 6.07) is 15.3. The van der Waals surface area contributed by atoms with Crippen molar-refractivity contribution in [3.8, 4) is 6.01 Å². The number of ether oxygens (including phenoxy) is 2. The van der Waals surface area contributed by atoms with Crippen molar-refractivity contribution >= 4 is 46.1 Å². The molecule has 4 rings (SSSR count). The lowest BCUT2D eigenvalue weighted by molar-refractivity contribution is 0.0518. The number of anilines is 1. The van der Waals surface area contributed by atoms with Gasteiger partial charge in [-0.3, -0.25) is 14.4 Å². The van der Waals surface area contributed by atoms with E-state index in [0.717, 1.165) is 5.56 Å². The zero-order valence-electron chi connectivity index (χ0n) is 24.4. The summed E-state index contributed by atoms with van der Waals surface area (Å²) in [5.74, 6) is -1.93. The third kappa shape index (κ3) is 7.75. The molecule has 43 heavy (non-hydrogen) atoms. The first kappa shape index (κ1) is 31.2. The number of methoxy groups -OCH3 is 1. The minimum absolute atomic E-state index is 0.0676. The molecule has 3 N–H and O–H groups in total. The third-order valence-corrected chi connectivity index (χ3v) is 6.94. The molecule has 2 amide bonds. The van der Waals surface area contributed by atoms with E-state index >= 15 is 0 Å². The van der Waals surface area contributed by atoms with E-state index in [1.165, 1.54) is 31.5 Å². The molecule has 0 saturated heterocycles. The number of H-pyrrole nitrogens is 1. The van der Waals surface area contributed by atoms with Crippen LogP contribution in [0.4, 0.5) is 10.5 Å². The van der Waals surface area contributed by atoms with Gasteiger partial charge >= 0.3 is 12.1 Å². The fraction of sp³-hybridized carbons (Fsp3) is 0.290. The predicted octanol–water partition coefficient (Wildman–Crippen LogP) is 5.36. The summed E-state index contributed by atoms with van der Waals surface area (Å²) in [4.78, 5) is 62.5. The van der Waals surface area contributed by atoms with Gasteiger partial charge < -0.3 is 25.1 Å².